The van der Waals surface area contributed by atoms with Gasteiger partial charge in [-0.05, 0) is 30.7 Å². The van der Waals surface area contributed by atoms with Crippen LogP contribution in [0.4, 0.5) is 5.82 Å². The van der Waals surface area contributed by atoms with E-state index in [1.165, 1.54) is 0 Å². The lowest BCUT2D eigenvalue weighted by molar-refractivity contribution is 0.0990. The van der Waals surface area contributed by atoms with Crippen LogP contribution in [0.25, 0.3) is 28.1 Å². The Morgan fingerprint density at radius 3 is 2.69 bits per heavy atom. The summed E-state index contributed by atoms with van der Waals surface area (Å²) in [4.78, 5) is 12.1. The monoisotopic (exact) mass is 385 g/mol. The third-order valence-electron chi connectivity index (χ3n) is 5.69. The van der Waals surface area contributed by atoms with Gasteiger partial charge in [-0.25, -0.2) is 14.6 Å². The van der Waals surface area contributed by atoms with Gasteiger partial charge in [-0.2, -0.15) is 5.10 Å². The molecule has 7 nitrogen and oxygen atoms in total. The van der Waals surface area contributed by atoms with Gasteiger partial charge in [-0.15, -0.1) is 0 Å². The number of aromatic hydroxyl groups is 1. The fourth-order valence-corrected chi connectivity index (χ4v) is 4.30. The predicted octanol–water partition coefficient (Wildman–Crippen LogP) is 3.17. The SMILES string of the molecule is Oc1cccc(-c2nc(N3C[C@@H]4C[C@H]3CO4)c3cnn(-c4ccccc4)c3n2)c1. The molecule has 144 valence electrons. The molecule has 2 aliphatic rings. The van der Waals surface area contributed by atoms with Crippen LogP contribution in [0.15, 0.2) is 60.8 Å². The topological polar surface area (TPSA) is 76.3 Å². The number of para-hydroxylation sites is 1. The molecule has 0 amide bonds. The van der Waals surface area contributed by atoms with Crippen molar-refractivity contribution in [1.29, 1.82) is 0 Å². The van der Waals surface area contributed by atoms with Crippen LogP contribution >= 0.6 is 0 Å². The fraction of sp³-hybridized carbons (Fsp3) is 0.227. The standard InChI is InChI=1S/C22H19N5O2/c28-17-8-4-5-14(9-17)20-24-21(26-12-18-10-16(26)13-29-18)19-11-23-27(22(19)25-20)15-6-2-1-3-7-15/h1-9,11,16,18,28H,10,12-13H2/t16-,18-/m0/s1. The summed E-state index contributed by atoms with van der Waals surface area (Å²) in [7, 11) is 0. The number of aromatic nitrogens is 4. The maximum Gasteiger partial charge on any atom is 0.169 e. The Bertz CT molecular complexity index is 1210. The number of anilines is 1. The van der Waals surface area contributed by atoms with E-state index in [0.717, 1.165) is 47.7 Å². The van der Waals surface area contributed by atoms with E-state index in [9.17, 15) is 5.11 Å². The van der Waals surface area contributed by atoms with E-state index in [2.05, 4.69) is 10.00 Å². The van der Waals surface area contributed by atoms with Crippen molar-refractivity contribution in [3.63, 3.8) is 0 Å². The number of phenols is 1. The predicted molar refractivity (Wildman–Crippen MR) is 109 cm³/mol. The molecule has 7 heteroatoms. The van der Waals surface area contributed by atoms with Crippen LogP contribution in [0.1, 0.15) is 6.42 Å². The lowest BCUT2D eigenvalue weighted by Gasteiger charge is -2.28. The first-order chi connectivity index (χ1) is 14.3. The lowest BCUT2D eigenvalue weighted by Crippen LogP contribution is -2.37. The highest BCUT2D eigenvalue weighted by Gasteiger charge is 2.40. The van der Waals surface area contributed by atoms with Crippen LogP contribution in [0.3, 0.4) is 0 Å². The van der Waals surface area contributed by atoms with Crippen molar-refractivity contribution < 1.29 is 9.84 Å². The molecule has 2 fully saturated rings. The first-order valence-electron chi connectivity index (χ1n) is 9.75. The second-order valence-electron chi connectivity index (χ2n) is 7.55. The first kappa shape index (κ1) is 16.5. The van der Waals surface area contributed by atoms with Gasteiger partial charge in [0.1, 0.15) is 11.6 Å². The van der Waals surface area contributed by atoms with Crippen molar-refractivity contribution in [2.45, 2.75) is 18.6 Å². The molecule has 6 rings (SSSR count). The lowest BCUT2D eigenvalue weighted by atomic mass is 10.2. The second kappa shape index (κ2) is 6.28. The molecule has 29 heavy (non-hydrogen) atoms. The summed E-state index contributed by atoms with van der Waals surface area (Å²) in [6.07, 6.45) is 3.13. The molecule has 0 aliphatic carbocycles. The van der Waals surface area contributed by atoms with E-state index in [4.69, 9.17) is 14.7 Å². The van der Waals surface area contributed by atoms with E-state index in [-0.39, 0.29) is 11.9 Å². The van der Waals surface area contributed by atoms with E-state index >= 15 is 0 Å². The molecule has 0 spiro atoms. The summed E-state index contributed by atoms with van der Waals surface area (Å²) in [5.41, 5.74) is 2.47. The van der Waals surface area contributed by atoms with Gasteiger partial charge in [-0.3, -0.25) is 0 Å². The summed E-state index contributed by atoms with van der Waals surface area (Å²) >= 11 is 0. The number of hydrogen-bond donors (Lipinski definition) is 1. The van der Waals surface area contributed by atoms with Gasteiger partial charge in [0.05, 0.1) is 36.0 Å². The number of fused-ring (bicyclic) bond motifs is 3. The van der Waals surface area contributed by atoms with Crippen molar-refractivity contribution in [1.82, 2.24) is 19.7 Å². The Kier molecular flexibility index (Phi) is 3.57. The van der Waals surface area contributed by atoms with Crippen LogP contribution in [0.2, 0.25) is 0 Å². The van der Waals surface area contributed by atoms with Gasteiger partial charge in [0.25, 0.3) is 0 Å². The zero-order chi connectivity index (χ0) is 19.4. The average Bonchev–Trinajstić information content (AvgIpc) is 3.49. The Hall–Kier alpha value is -3.45. The molecule has 2 saturated heterocycles. The Morgan fingerprint density at radius 1 is 1.03 bits per heavy atom. The number of morpholine rings is 1. The van der Waals surface area contributed by atoms with Gasteiger partial charge < -0.3 is 14.7 Å². The molecule has 0 unspecified atom stereocenters. The third-order valence-corrected chi connectivity index (χ3v) is 5.69. The van der Waals surface area contributed by atoms with Crippen LogP contribution < -0.4 is 4.90 Å². The zero-order valence-corrected chi connectivity index (χ0v) is 15.6. The van der Waals surface area contributed by atoms with Crippen LogP contribution in [-0.2, 0) is 4.74 Å². The van der Waals surface area contributed by atoms with E-state index in [1.54, 1.807) is 18.2 Å². The highest BCUT2D eigenvalue weighted by molar-refractivity contribution is 5.90. The Labute approximate surface area is 167 Å². The fourth-order valence-electron chi connectivity index (χ4n) is 4.30. The molecule has 2 aromatic carbocycles. The van der Waals surface area contributed by atoms with Crippen molar-refractivity contribution >= 4 is 16.9 Å². The maximum atomic E-state index is 9.95. The van der Waals surface area contributed by atoms with Crippen LogP contribution in [0, 0.1) is 0 Å². The summed E-state index contributed by atoms with van der Waals surface area (Å²) in [6.45, 7) is 1.55. The van der Waals surface area contributed by atoms with Crippen LogP contribution in [-0.4, -0.2) is 50.2 Å². The first-order valence-corrected chi connectivity index (χ1v) is 9.75. The molecular weight excluding hydrogens is 366 g/mol. The quantitative estimate of drug-likeness (QED) is 0.584. The molecule has 0 saturated carbocycles. The van der Waals surface area contributed by atoms with Gasteiger partial charge in [0, 0.05) is 12.1 Å². The molecule has 2 atom stereocenters. The van der Waals surface area contributed by atoms with Crippen molar-refractivity contribution in [3.8, 4) is 22.8 Å². The average molecular weight is 385 g/mol. The van der Waals surface area contributed by atoms with E-state index in [1.807, 2.05) is 47.3 Å². The maximum absolute atomic E-state index is 9.95. The minimum Gasteiger partial charge on any atom is -0.508 e. The molecule has 2 aliphatic heterocycles. The highest BCUT2D eigenvalue weighted by atomic mass is 16.5. The zero-order valence-electron chi connectivity index (χ0n) is 15.6. The van der Waals surface area contributed by atoms with Gasteiger partial charge in [-0.1, -0.05) is 30.3 Å². The van der Waals surface area contributed by atoms with Crippen LogP contribution in [0.5, 0.6) is 5.75 Å². The van der Waals surface area contributed by atoms with E-state index < -0.39 is 0 Å². The van der Waals surface area contributed by atoms with Crippen molar-refractivity contribution in [2.75, 3.05) is 18.1 Å². The molecule has 2 aromatic heterocycles. The Balaban J connectivity index is 1.58. The van der Waals surface area contributed by atoms with Gasteiger partial charge in [0.2, 0.25) is 0 Å². The number of nitrogens with zero attached hydrogens (tertiary/aromatic N) is 5. The number of ether oxygens (including phenoxy) is 1. The normalized spacial score (nSPS) is 20.6. The molecular formula is C22H19N5O2. The second-order valence-corrected chi connectivity index (χ2v) is 7.55. The van der Waals surface area contributed by atoms with Gasteiger partial charge >= 0.3 is 0 Å². The molecule has 0 radical (unpaired) electrons. The summed E-state index contributed by atoms with van der Waals surface area (Å²) in [6, 6.07) is 17.3. The number of phenolic OH excluding ortho intramolecular Hbond substituents is 1. The minimum absolute atomic E-state index is 0.193. The van der Waals surface area contributed by atoms with Crippen molar-refractivity contribution in [3.05, 3.63) is 60.8 Å². The number of hydrogen-bond acceptors (Lipinski definition) is 6. The number of benzene rings is 2. The summed E-state index contributed by atoms with van der Waals surface area (Å²) in [5, 5.41) is 15.5. The molecule has 1 N–H and O–H groups in total. The van der Waals surface area contributed by atoms with Crippen molar-refractivity contribution in [2.24, 2.45) is 0 Å². The summed E-state index contributed by atoms with van der Waals surface area (Å²) < 4.78 is 7.63. The smallest absolute Gasteiger partial charge is 0.169 e. The summed E-state index contributed by atoms with van der Waals surface area (Å²) in [5.74, 6) is 1.65. The van der Waals surface area contributed by atoms with Gasteiger partial charge in [0.15, 0.2) is 11.5 Å². The highest BCUT2D eigenvalue weighted by Crippen LogP contribution is 2.36. The molecule has 4 aromatic rings. The number of rotatable bonds is 3. The van der Waals surface area contributed by atoms with E-state index in [0.29, 0.717) is 11.9 Å². The largest absolute Gasteiger partial charge is 0.508 e. The minimum atomic E-state index is 0.193. The molecule has 2 bridgehead atoms. The third kappa shape index (κ3) is 2.66. The molecule has 4 heterocycles. The Morgan fingerprint density at radius 2 is 1.93 bits per heavy atom.